The van der Waals surface area contributed by atoms with Crippen molar-refractivity contribution in [2.45, 2.75) is 58.3 Å². The fraction of sp³-hybridized carbons (Fsp3) is 0.714. The van der Waals surface area contributed by atoms with E-state index in [0.29, 0.717) is 5.92 Å². The zero-order valence-electron chi connectivity index (χ0n) is 11.4. The number of rotatable bonds is 5. The minimum absolute atomic E-state index is 0.527. The van der Waals surface area contributed by atoms with Gasteiger partial charge in [-0.1, -0.05) is 26.7 Å². The lowest BCUT2D eigenvalue weighted by molar-refractivity contribution is 0.516. The molecule has 0 amide bonds. The molecule has 0 spiro atoms. The highest BCUT2D eigenvalue weighted by Crippen LogP contribution is 2.38. The molecular formula is C14H24N4. The zero-order chi connectivity index (χ0) is 13.0. The summed E-state index contributed by atoms with van der Waals surface area (Å²) in [5.41, 5.74) is 3.77. The van der Waals surface area contributed by atoms with Gasteiger partial charge in [-0.2, -0.15) is 0 Å². The van der Waals surface area contributed by atoms with Crippen molar-refractivity contribution in [3.63, 3.8) is 0 Å². The summed E-state index contributed by atoms with van der Waals surface area (Å²) in [5, 5.41) is 0. The number of hydrazine groups is 1. The summed E-state index contributed by atoms with van der Waals surface area (Å²) in [6.45, 7) is 4.44. The number of anilines is 1. The summed E-state index contributed by atoms with van der Waals surface area (Å²) < 4.78 is 0. The molecule has 1 saturated carbocycles. The molecule has 2 atom stereocenters. The van der Waals surface area contributed by atoms with E-state index in [1.165, 1.54) is 25.7 Å². The summed E-state index contributed by atoms with van der Waals surface area (Å²) >= 11 is 0. The van der Waals surface area contributed by atoms with E-state index in [1.807, 2.05) is 6.07 Å². The highest BCUT2D eigenvalue weighted by Gasteiger charge is 2.27. The van der Waals surface area contributed by atoms with Gasteiger partial charge in [-0.15, -0.1) is 0 Å². The Morgan fingerprint density at radius 3 is 2.78 bits per heavy atom. The Bertz CT molecular complexity index is 391. The van der Waals surface area contributed by atoms with Crippen molar-refractivity contribution >= 4 is 5.82 Å². The molecule has 18 heavy (non-hydrogen) atoms. The molecular weight excluding hydrogens is 224 g/mol. The third kappa shape index (κ3) is 2.99. The van der Waals surface area contributed by atoms with Gasteiger partial charge in [-0.3, -0.25) is 0 Å². The van der Waals surface area contributed by atoms with Crippen molar-refractivity contribution in [1.82, 2.24) is 9.97 Å². The summed E-state index contributed by atoms with van der Waals surface area (Å²) in [6, 6.07) is 1.96. The van der Waals surface area contributed by atoms with Crippen LogP contribution < -0.4 is 11.3 Å². The first-order valence-corrected chi connectivity index (χ1v) is 7.11. The average Bonchev–Trinajstić information content (AvgIpc) is 2.87. The van der Waals surface area contributed by atoms with E-state index < -0.39 is 0 Å². The van der Waals surface area contributed by atoms with Crippen molar-refractivity contribution in [2.75, 3.05) is 5.43 Å². The van der Waals surface area contributed by atoms with E-state index in [2.05, 4.69) is 24.3 Å². The number of nitrogens with two attached hydrogens (primary N) is 1. The lowest BCUT2D eigenvalue weighted by atomic mass is 10.0. The fourth-order valence-electron chi connectivity index (χ4n) is 2.84. The molecule has 0 aromatic carbocycles. The van der Waals surface area contributed by atoms with E-state index in [-0.39, 0.29) is 0 Å². The third-order valence-corrected chi connectivity index (χ3v) is 3.93. The molecule has 0 radical (unpaired) electrons. The highest BCUT2D eigenvalue weighted by atomic mass is 15.3. The molecule has 2 rings (SSSR count). The molecule has 1 aromatic rings. The van der Waals surface area contributed by atoms with Crippen molar-refractivity contribution in [2.24, 2.45) is 11.8 Å². The standard InChI is InChI=1S/C14H24N4/c1-3-5-12-9-13(18-15)17-14(16-12)11-7-6-10(4-2)8-11/h9-11H,3-8,15H2,1-2H3,(H,16,17,18). The predicted octanol–water partition coefficient (Wildman–Crippen LogP) is 3.01. The van der Waals surface area contributed by atoms with Gasteiger partial charge >= 0.3 is 0 Å². The van der Waals surface area contributed by atoms with Gasteiger partial charge in [0.05, 0.1) is 0 Å². The highest BCUT2D eigenvalue weighted by molar-refractivity contribution is 5.35. The Morgan fingerprint density at radius 2 is 2.17 bits per heavy atom. The number of hydrogen-bond acceptors (Lipinski definition) is 4. The van der Waals surface area contributed by atoms with Crippen LogP contribution in [0.2, 0.25) is 0 Å². The SMILES string of the molecule is CCCc1cc(NN)nc(C2CCC(CC)C2)n1. The van der Waals surface area contributed by atoms with Crippen LogP contribution in [-0.4, -0.2) is 9.97 Å². The minimum atomic E-state index is 0.527. The smallest absolute Gasteiger partial charge is 0.143 e. The maximum atomic E-state index is 5.50. The molecule has 4 nitrogen and oxygen atoms in total. The van der Waals surface area contributed by atoms with Crippen LogP contribution in [0.3, 0.4) is 0 Å². The minimum Gasteiger partial charge on any atom is -0.308 e. The molecule has 1 aliphatic carbocycles. The van der Waals surface area contributed by atoms with Gasteiger partial charge in [-0.25, -0.2) is 15.8 Å². The summed E-state index contributed by atoms with van der Waals surface area (Å²) in [4.78, 5) is 9.25. The predicted molar refractivity (Wildman–Crippen MR) is 74.2 cm³/mol. The van der Waals surface area contributed by atoms with Gasteiger partial charge in [0.2, 0.25) is 0 Å². The second-order valence-electron chi connectivity index (χ2n) is 5.28. The molecule has 1 fully saturated rings. The topological polar surface area (TPSA) is 63.8 Å². The van der Waals surface area contributed by atoms with Gasteiger partial charge in [0.1, 0.15) is 11.6 Å². The number of nitrogen functional groups attached to an aromatic ring is 1. The van der Waals surface area contributed by atoms with Crippen LogP contribution in [0.1, 0.15) is 63.4 Å². The third-order valence-electron chi connectivity index (χ3n) is 3.93. The monoisotopic (exact) mass is 248 g/mol. The van der Waals surface area contributed by atoms with Crippen LogP contribution in [0.5, 0.6) is 0 Å². The Morgan fingerprint density at radius 1 is 1.33 bits per heavy atom. The number of aromatic nitrogens is 2. The summed E-state index contributed by atoms with van der Waals surface area (Å²) in [6.07, 6.45) is 7.13. The summed E-state index contributed by atoms with van der Waals surface area (Å²) in [5.74, 6) is 8.62. The largest absolute Gasteiger partial charge is 0.308 e. The molecule has 0 bridgehead atoms. The second-order valence-corrected chi connectivity index (χ2v) is 5.28. The van der Waals surface area contributed by atoms with Crippen LogP contribution in [0.25, 0.3) is 0 Å². The molecule has 2 unspecified atom stereocenters. The second kappa shape index (κ2) is 6.14. The Kier molecular flexibility index (Phi) is 4.53. The number of nitrogens with zero attached hydrogens (tertiary/aromatic N) is 2. The average molecular weight is 248 g/mol. The van der Waals surface area contributed by atoms with Gasteiger partial charge in [0.15, 0.2) is 0 Å². The van der Waals surface area contributed by atoms with Crippen molar-refractivity contribution in [1.29, 1.82) is 0 Å². The van der Waals surface area contributed by atoms with E-state index in [4.69, 9.17) is 10.8 Å². The molecule has 4 heteroatoms. The lowest BCUT2D eigenvalue weighted by Gasteiger charge is -2.12. The first-order chi connectivity index (χ1) is 8.76. The van der Waals surface area contributed by atoms with Gasteiger partial charge < -0.3 is 5.43 Å². The molecule has 1 aromatic heterocycles. The lowest BCUT2D eigenvalue weighted by Crippen LogP contribution is -2.13. The quantitative estimate of drug-likeness (QED) is 0.621. The van der Waals surface area contributed by atoms with Crippen LogP contribution in [0.4, 0.5) is 5.82 Å². The molecule has 1 heterocycles. The van der Waals surface area contributed by atoms with E-state index in [1.54, 1.807) is 0 Å². The first kappa shape index (κ1) is 13.3. The maximum Gasteiger partial charge on any atom is 0.143 e. The normalized spacial score (nSPS) is 23.3. The molecule has 100 valence electrons. The molecule has 0 aliphatic heterocycles. The Labute approximate surface area is 109 Å². The molecule has 1 aliphatic rings. The van der Waals surface area contributed by atoms with Gasteiger partial charge in [0.25, 0.3) is 0 Å². The summed E-state index contributed by atoms with van der Waals surface area (Å²) in [7, 11) is 0. The van der Waals surface area contributed by atoms with Crippen molar-refractivity contribution in [3.05, 3.63) is 17.6 Å². The number of nitrogens with one attached hydrogen (secondary N) is 1. The zero-order valence-corrected chi connectivity index (χ0v) is 11.4. The van der Waals surface area contributed by atoms with Gasteiger partial charge in [0, 0.05) is 17.7 Å². The van der Waals surface area contributed by atoms with Crippen molar-refractivity contribution < 1.29 is 0 Å². The first-order valence-electron chi connectivity index (χ1n) is 7.11. The van der Waals surface area contributed by atoms with Crippen LogP contribution >= 0.6 is 0 Å². The van der Waals surface area contributed by atoms with Crippen LogP contribution in [-0.2, 0) is 6.42 Å². The Balaban J connectivity index is 2.18. The van der Waals surface area contributed by atoms with E-state index in [9.17, 15) is 0 Å². The number of hydrogen-bond donors (Lipinski definition) is 2. The van der Waals surface area contributed by atoms with Crippen LogP contribution in [0, 0.1) is 5.92 Å². The van der Waals surface area contributed by atoms with Gasteiger partial charge in [-0.05, 0) is 31.6 Å². The van der Waals surface area contributed by atoms with Crippen molar-refractivity contribution in [3.8, 4) is 0 Å². The molecule has 3 N–H and O–H groups in total. The van der Waals surface area contributed by atoms with Crippen LogP contribution in [0.15, 0.2) is 6.07 Å². The number of aryl methyl sites for hydroxylation is 1. The maximum absolute atomic E-state index is 5.50. The van der Waals surface area contributed by atoms with E-state index in [0.717, 1.165) is 36.1 Å². The van der Waals surface area contributed by atoms with E-state index >= 15 is 0 Å². The fourth-order valence-corrected chi connectivity index (χ4v) is 2.84. The molecule has 0 saturated heterocycles. The Hall–Kier alpha value is -1.16.